The van der Waals surface area contributed by atoms with Crippen LogP contribution in [-0.2, 0) is 9.05 Å². The molecule has 22 heavy (non-hydrogen) atoms. The van der Waals surface area contributed by atoms with Gasteiger partial charge in [0.15, 0.2) is 9.03 Å². The average molecular weight is 322 g/mol. The second-order valence-electron chi connectivity index (χ2n) is 9.18. The summed E-state index contributed by atoms with van der Waals surface area (Å²) in [4.78, 5) is 0. The van der Waals surface area contributed by atoms with E-state index in [1.807, 2.05) is 0 Å². The molecule has 0 amide bonds. The zero-order valence-corrected chi connectivity index (χ0v) is 15.0. The molecule has 3 heteroatoms. The van der Waals surface area contributed by atoms with Gasteiger partial charge < -0.3 is 9.05 Å². The van der Waals surface area contributed by atoms with E-state index in [2.05, 4.69) is 6.92 Å². The number of rotatable bonds is 0. The van der Waals surface area contributed by atoms with Crippen molar-refractivity contribution in [2.24, 2.45) is 35.0 Å². The molecule has 1 heterocycles. The highest BCUT2D eigenvalue weighted by atomic mass is 31.1. The molecule has 5 fully saturated rings. The van der Waals surface area contributed by atoms with Crippen molar-refractivity contribution >= 4 is 9.03 Å². The molecule has 0 bridgehead atoms. The van der Waals surface area contributed by atoms with Gasteiger partial charge in [0.05, 0.1) is 6.61 Å². The van der Waals surface area contributed by atoms with Crippen LogP contribution in [-0.4, -0.2) is 12.2 Å². The number of hydrogen-bond donors (Lipinski definition) is 0. The topological polar surface area (TPSA) is 18.5 Å². The van der Waals surface area contributed by atoms with Gasteiger partial charge in [0.2, 0.25) is 0 Å². The normalized spacial score (nSPS) is 58.5. The van der Waals surface area contributed by atoms with Gasteiger partial charge in [0.1, 0.15) is 5.60 Å². The van der Waals surface area contributed by atoms with Crippen molar-refractivity contribution in [1.82, 2.24) is 0 Å². The van der Waals surface area contributed by atoms with Crippen LogP contribution >= 0.6 is 9.03 Å². The van der Waals surface area contributed by atoms with E-state index in [0.29, 0.717) is 14.4 Å². The Balaban J connectivity index is 1.44. The van der Waals surface area contributed by atoms with Crippen molar-refractivity contribution in [2.45, 2.75) is 76.7 Å². The first kappa shape index (κ1) is 14.7. The van der Waals surface area contributed by atoms with Crippen LogP contribution in [0.25, 0.3) is 0 Å². The van der Waals surface area contributed by atoms with Crippen LogP contribution in [0.5, 0.6) is 0 Å². The molecule has 4 saturated carbocycles. The maximum Gasteiger partial charge on any atom is 0.155 e. The van der Waals surface area contributed by atoms with E-state index >= 15 is 0 Å². The third-order valence-electron chi connectivity index (χ3n) is 8.77. The lowest BCUT2D eigenvalue weighted by Crippen LogP contribution is -2.54. The Hall–Kier alpha value is 0.350. The predicted molar refractivity (Wildman–Crippen MR) is 89.8 cm³/mol. The van der Waals surface area contributed by atoms with Crippen molar-refractivity contribution in [1.29, 1.82) is 0 Å². The monoisotopic (exact) mass is 322 g/mol. The van der Waals surface area contributed by atoms with Crippen LogP contribution in [0.4, 0.5) is 0 Å². The average Bonchev–Trinajstić information content (AvgIpc) is 3.14. The smallest absolute Gasteiger partial charge is 0.155 e. The van der Waals surface area contributed by atoms with E-state index < -0.39 is 0 Å². The van der Waals surface area contributed by atoms with Crippen molar-refractivity contribution in [3.05, 3.63) is 0 Å². The van der Waals surface area contributed by atoms with Gasteiger partial charge in [-0.1, -0.05) is 26.2 Å². The van der Waals surface area contributed by atoms with Gasteiger partial charge in [0, 0.05) is 5.41 Å². The van der Waals surface area contributed by atoms with E-state index in [0.717, 1.165) is 36.2 Å². The molecular weight excluding hydrogens is 291 g/mol. The van der Waals surface area contributed by atoms with Gasteiger partial charge in [-0.3, -0.25) is 0 Å². The third kappa shape index (κ3) is 1.84. The van der Waals surface area contributed by atoms with Crippen LogP contribution in [0.15, 0.2) is 0 Å². The molecule has 1 aliphatic heterocycles. The summed E-state index contributed by atoms with van der Waals surface area (Å²) >= 11 is 0. The molecule has 0 N–H and O–H groups in total. The molecule has 5 aliphatic rings. The van der Waals surface area contributed by atoms with Gasteiger partial charge in [-0.2, -0.15) is 0 Å². The van der Waals surface area contributed by atoms with E-state index in [-0.39, 0.29) is 5.60 Å². The summed E-state index contributed by atoms with van der Waals surface area (Å²) in [5, 5.41) is 0. The molecule has 4 aliphatic carbocycles. The Labute approximate surface area is 137 Å². The van der Waals surface area contributed by atoms with Gasteiger partial charge in [0.25, 0.3) is 0 Å². The summed E-state index contributed by atoms with van der Waals surface area (Å²) in [7, 11) is 0.300. The first-order chi connectivity index (χ1) is 10.7. The Bertz CT molecular complexity index is 447. The highest BCUT2D eigenvalue weighted by molar-refractivity contribution is 7.26. The van der Waals surface area contributed by atoms with Crippen LogP contribution in [0.3, 0.4) is 0 Å². The Morgan fingerprint density at radius 1 is 0.864 bits per heavy atom. The minimum Gasteiger partial charge on any atom is -0.333 e. The lowest BCUT2D eigenvalue weighted by Gasteiger charge is -2.57. The maximum atomic E-state index is 6.27. The standard InChI is InChI=1S/C19H31O2P/c1-18-10-8-15-14-5-3-2-4-13(14)6-7-16(15)17(18)9-11-19(18)12-20-22-21-19/h13-17,22H,2-12H2,1H3/t13?,14-,15+,16+,17-,18+,19?/m0/s1. The van der Waals surface area contributed by atoms with Crippen molar-refractivity contribution in [3.63, 3.8) is 0 Å². The van der Waals surface area contributed by atoms with Crippen molar-refractivity contribution in [3.8, 4) is 0 Å². The second-order valence-corrected chi connectivity index (χ2v) is 9.84. The van der Waals surface area contributed by atoms with Gasteiger partial charge in [-0.15, -0.1) is 0 Å². The summed E-state index contributed by atoms with van der Waals surface area (Å²) in [6, 6.07) is 0. The molecule has 0 radical (unpaired) electrons. The summed E-state index contributed by atoms with van der Waals surface area (Å²) < 4.78 is 12.0. The Morgan fingerprint density at radius 3 is 2.64 bits per heavy atom. The number of hydrogen-bond acceptors (Lipinski definition) is 2. The second kappa shape index (κ2) is 5.17. The zero-order chi connectivity index (χ0) is 14.8. The van der Waals surface area contributed by atoms with E-state index in [9.17, 15) is 0 Å². The van der Waals surface area contributed by atoms with E-state index in [1.165, 1.54) is 57.8 Å². The molecule has 3 unspecified atom stereocenters. The lowest BCUT2D eigenvalue weighted by atomic mass is 9.49. The molecule has 1 spiro atoms. The first-order valence-electron chi connectivity index (χ1n) is 9.78. The minimum atomic E-state index is 0.0878. The molecule has 5 rings (SSSR count). The molecule has 1 saturated heterocycles. The van der Waals surface area contributed by atoms with Crippen molar-refractivity contribution < 1.29 is 9.05 Å². The summed E-state index contributed by atoms with van der Waals surface area (Å²) in [6.07, 6.45) is 14.7. The first-order valence-corrected chi connectivity index (χ1v) is 10.6. The molecule has 2 nitrogen and oxygen atoms in total. The number of fused-ring (bicyclic) bond motifs is 6. The van der Waals surface area contributed by atoms with Crippen LogP contribution < -0.4 is 0 Å². The summed E-state index contributed by atoms with van der Waals surface area (Å²) in [6.45, 7) is 3.44. The quantitative estimate of drug-likeness (QED) is 0.562. The largest absolute Gasteiger partial charge is 0.333 e. The summed E-state index contributed by atoms with van der Waals surface area (Å²) in [5.41, 5.74) is 0.490. The SMILES string of the molecule is C[C@@]12CC[C@H]3[C@@H](CCC4CCCC[C@@H]43)[C@@H]1CCC21COPO1. The van der Waals surface area contributed by atoms with Crippen LogP contribution in [0.2, 0.25) is 0 Å². The maximum absolute atomic E-state index is 6.27. The van der Waals surface area contributed by atoms with Crippen molar-refractivity contribution in [2.75, 3.05) is 6.61 Å². The molecular formula is C19H31O2P. The van der Waals surface area contributed by atoms with E-state index in [4.69, 9.17) is 9.05 Å². The van der Waals surface area contributed by atoms with Gasteiger partial charge >= 0.3 is 0 Å². The molecule has 8 atom stereocenters. The zero-order valence-electron chi connectivity index (χ0n) is 14.0. The van der Waals surface area contributed by atoms with Crippen LogP contribution in [0.1, 0.15) is 71.1 Å². The Kier molecular flexibility index (Phi) is 3.45. The minimum absolute atomic E-state index is 0.0878. The summed E-state index contributed by atoms with van der Waals surface area (Å²) in [5.74, 6) is 5.14. The van der Waals surface area contributed by atoms with Gasteiger partial charge in [-0.25, -0.2) is 0 Å². The fourth-order valence-electron chi connectivity index (χ4n) is 7.61. The molecule has 124 valence electrons. The van der Waals surface area contributed by atoms with Crippen LogP contribution in [0, 0.1) is 35.0 Å². The predicted octanol–water partition coefficient (Wildman–Crippen LogP) is 5.32. The highest BCUT2D eigenvalue weighted by Crippen LogP contribution is 2.68. The molecule has 0 aromatic rings. The lowest BCUT2D eigenvalue weighted by molar-refractivity contribution is -0.109. The van der Waals surface area contributed by atoms with E-state index in [1.54, 1.807) is 6.42 Å². The molecule has 0 aromatic carbocycles. The van der Waals surface area contributed by atoms with Gasteiger partial charge in [-0.05, 0) is 74.5 Å². The fraction of sp³-hybridized carbons (Fsp3) is 1.00. The Morgan fingerprint density at radius 2 is 1.77 bits per heavy atom. The molecule has 0 aromatic heterocycles. The third-order valence-corrected chi connectivity index (χ3v) is 9.51. The fourth-order valence-corrected chi connectivity index (χ4v) is 8.52. The highest BCUT2D eigenvalue weighted by Gasteiger charge is 2.65.